The number of carbonyl (C=O) groups excluding carboxylic acids is 2. The Bertz CT molecular complexity index is 981. The van der Waals surface area contributed by atoms with Crippen LogP contribution in [0.1, 0.15) is 12.0 Å². The summed E-state index contributed by atoms with van der Waals surface area (Å²) in [5.74, 6) is 0.558. The summed E-state index contributed by atoms with van der Waals surface area (Å²) in [5.41, 5.74) is -0.0823. The first-order chi connectivity index (χ1) is 13.5. The Morgan fingerprint density at radius 2 is 1.68 bits per heavy atom. The van der Waals surface area contributed by atoms with E-state index in [-0.39, 0.29) is 59.3 Å². The van der Waals surface area contributed by atoms with Gasteiger partial charge >= 0.3 is 0 Å². The molecule has 9 heteroatoms. The Labute approximate surface area is 158 Å². The van der Waals surface area contributed by atoms with Crippen molar-refractivity contribution in [1.29, 1.82) is 0 Å². The van der Waals surface area contributed by atoms with Crippen LogP contribution in [-0.2, 0) is 9.59 Å². The summed E-state index contributed by atoms with van der Waals surface area (Å²) >= 11 is 0. The monoisotopic (exact) mass is 381 g/mol. The fourth-order valence-electron chi connectivity index (χ4n) is 5.38. The highest BCUT2D eigenvalue weighted by molar-refractivity contribution is 6.06. The largest absolute Gasteiger partial charge is 0.454 e. The minimum absolute atomic E-state index is 0.0162. The van der Waals surface area contributed by atoms with Gasteiger partial charge in [-0.25, -0.2) is 0 Å². The van der Waals surface area contributed by atoms with Crippen LogP contribution in [-0.4, -0.2) is 34.8 Å². The van der Waals surface area contributed by atoms with Crippen molar-refractivity contribution in [1.82, 2.24) is 5.01 Å². The third-order valence-corrected chi connectivity index (χ3v) is 6.67. The molecule has 0 aromatic heterocycles. The van der Waals surface area contributed by atoms with Gasteiger partial charge in [-0.1, -0.05) is 12.2 Å². The molecule has 2 saturated carbocycles. The highest BCUT2D eigenvalue weighted by Gasteiger charge is 2.67. The molecule has 1 aromatic rings. The topological polar surface area (TPSA) is 111 Å². The quantitative estimate of drug-likeness (QED) is 0.259. The van der Waals surface area contributed by atoms with E-state index < -0.39 is 4.92 Å². The van der Waals surface area contributed by atoms with Crippen LogP contribution in [0.5, 0.6) is 11.5 Å². The molecule has 2 amide bonds. The molecule has 2 bridgehead atoms. The zero-order chi connectivity index (χ0) is 19.2. The molecule has 6 aliphatic rings. The lowest BCUT2D eigenvalue weighted by atomic mass is 9.63. The molecule has 9 nitrogen and oxygen atoms in total. The number of benzene rings is 1. The first kappa shape index (κ1) is 15.8. The van der Waals surface area contributed by atoms with Gasteiger partial charge in [0.05, 0.1) is 34.6 Å². The van der Waals surface area contributed by atoms with E-state index in [1.807, 2.05) is 0 Å². The Morgan fingerprint density at radius 1 is 1.07 bits per heavy atom. The predicted octanol–water partition coefficient (Wildman–Crippen LogP) is 1.71. The van der Waals surface area contributed by atoms with Gasteiger partial charge in [-0.05, 0) is 36.2 Å². The van der Waals surface area contributed by atoms with Crippen molar-refractivity contribution in [2.24, 2.45) is 40.6 Å². The molecule has 1 aromatic carbocycles. The number of imide groups is 1. The van der Waals surface area contributed by atoms with Crippen LogP contribution in [0, 0.1) is 45.6 Å². The predicted molar refractivity (Wildman–Crippen MR) is 93.4 cm³/mol. The number of hydrogen-bond donors (Lipinski definition) is 0. The average Bonchev–Trinajstić information content (AvgIpc) is 3.33. The van der Waals surface area contributed by atoms with Crippen LogP contribution in [0.2, 0.25) is 0 Å². The van der Waals surface area contributed by atoms with Gasteiger partial charge in [0.2, 0.25) is 6.79 Å². The first-order valence-electron chi connectivity index (χ1n) is 9.23. The molecule has 142 valence electrons. The minimum atomic E-state index is -0.561. The van der Waals surface area contributed by atoms with Gasteiger partial charge in [0, 0.05) is 0 Å². The zero-order valence-electron chi connectivity index (χ0n) is 14.6. The van der Waals surface area contributed by atoms with Gasteiger partial charge in [0.15, 0.2) is 11.5 Å². The van der Waals surface area contributed by atoms with Gasteiger partial charge in [-0.3, -0.25) is 19.7 Å². The summed E-state index contributed by atoms with van der Waals surface area (Å²) in [5, 5.41) is 16.3. The normalized spacial score (nSPS) is 36.2. The summed E-state index contributed by atoms with van der Waals surface area (Å²) in [6.07, 6.45) is 6.44. The summed E-state index contributed by atoms with van der Waals surface area (Å²) in [7, 11) is 0. The highest BCUT2D eigenvalue weighted by Crippen LogP contribution is 2.65. The molecular weight excluding hydrogens is 366 g/mol. The second-order valence-electron chi connectivity index (χ2n) is 7.91. The van der Waals surface area contributed by atoms with Crippen LogP contribution in [0.4, 0.5) is 5.69 Å². The number of hydrazone groups is 1. The summed E-state index contributed by atoms with van der Waals surface area (Å²) < 4.78 is 10.4. The van der Waals surface area contributed by atoms with E-state index in [1.54, 1.807) is 0 Å². The molecule has 3 fully saturated rings. The van der Waals surface area contributed by atoms with Crippen molar-refractivity contribution in [3.63, 3.8) is 0 Å². The van der Waals surface area contributed by atoms with E-state index in [2.05, 4.69) is 17.3 Å². The maximum atomic E-state index is 12.9. The van der Waals surface area contributed by atoms with Crippen molar-refractivity contribution in [3.05, 3.63) is 40.0 Å². The number of nitrogens with zero attached hydrogens (tertiary/aromatic N) is 3. The second-order valence-corrected chi connectivity index (χ2v) is 7.91. The number of amides is 2. The molecule has 0 spiro atoms. The first-order valence-corrected chi connectivity index (χ1v) is 9.23. The van der Waals surface area contributed by atoms with Crippen LogP contribution in [0.25, 0.3) is 0 Å². The maximum absolute atomic E-state index is 12.9. The second kappa shape index (κ2) is 5.18. The summed E-state index contributed by atoms with van der Waals surface area (Å²) in [6, 6.07) is 2.69. The number of fused-ring (bicyclic) bond motifs is 1. The fourth-order valence-corrected chi connectivity index (χ4v) is 5.38. The Morgan fingerprint density at radius 3 is 2.29 bits per heavy atom. The molecule has 2 heterocycles. The fraction of sp³-hybridized carbons (Fsp3) is 0.421. The average molecular weight is 381 g/mol. The lowest BCUT2D eigenvalue weighted by Crippen LogP contribution is -2.40. The number of allylic oxidation sites excluding steroid dienone is 2. The molecular formula is C19H15N3O6. The molecule has 0 N–H and O–H groups in total. The Kier molecular flexibility index (Phi) is 2.92. The van der Waals surface area contributed by atoms with E-state index in [0.29, 0.717) is 17.6 Å². The maximum Gasteiger partial charge on any atom is 0.282 e. The van der Waals surface area contributed by atoms with Crippen molar-refractivity contribution in [2.45, 2.75) is 6.42 Å². The molecule has 2 aliphatic heterocycles. The van der Waals surface area contributed by atoms with Crippen LogP contribution >= 0.6 is 0 Å². The van der Waals surface area contributed by atoms with E-state index in [0.717, 1.165) is 11.4 Å². The van der Waals surface area contributed by atoms with Crippen LogP contribution in [0.3, 0.4) is 0 Å². The lowest BCUT2D eigenvalue weighted by Gasteiger charge is -2.37. The number of hydrogen-bond acceptors (Lipinski definition) is 7. The molecule has 1 saturated heterocycles. The third-order valence-electron chi connectivity index (χ3n) is 6.67. The number of ether oxygens (including phenoxy) is 2. The molecule has 28 heavy (non-hydrogen) atoms. The van der Waals surface area contributed by atoms with Crippen molar-refractivity contribution >= 4 is 23.7 Å². The number of carbonyl (C=O) groups is 2. The van der Waals surface area contributed by atoms with Gasteiger partial charge in [0.1, 0.15) is 0 Å². The van der Waals surface area contributed by atoms with E-state index in [9.17, 15) is 19.7 Å². The van der Waals surface area contributed by atoms with Crippen molar-refractivity contribution in [3.8, 4) is 11.5 Å². The standard InChI is InChI=1S/C19H15N3O6/c23-18-16-9-1-2-10(12-4-11(9)12)17(16)19(24)21(18)20-6-8-3-14-15(28-7-27-14)5-13(8)22(25)26/h1-3,5-6,9-12,16-17H,4,7H2/b20-6-/t9-,10-,11-,12+,16+,17-/m1/s1. The van der Waals surface area contributed by atoms with Gasteiger partial charge in [0.25, 0.3) is 17.5 Å². The molecule has 0 radical (unpaired) electrons. The van der Waals surface area contributed by atoms with E-state index in [4.69, 9.17) is 9.47 Å². The zero-order valence-corrected chi connectivity index (χ0v) is 14.6. The van der Waals surface area contributed by atoms with Crippen molar-refractivity contribution < 1.29 is 24.0 Å². The highest BCUT2D eigenvalue weighted by atomic mass is 16.7. The smallest absolute Gasteiger partial charge is 0.282 e. The van der Waals surface area contributed by atoms with Crippen molar-refractivity contribution in [2.75, 3.05) is 6.79 Å². The summed E-state index contributed by atoms with van der Waals surface area (Å²) in [6.45, 7) is -0.0162. The molecule has 4 aliphatic carbocycles. The van der Waals surface area contributed by atoms with E-state index >= 15 is 0 Å². The van der Waals surface area contributed by atoms with E-state index in [1.165, 1.54) is 18.3 Å². The Hall–Kier alpha value is -3.23. The third kappa shape index (κ3) is 1.93. The molecule has 0 unspecified atom stereocenters. The van der Waals surface area contributed by atoms with Crippen LogP contribution in [0.15, 0.2) is 29.4 Å². The molecule has 7 rings (SSSR count). The number of rotatable bonds is 3. The van der Waals surface area contributed by atoms with Gasteiger partial charge < -0.3 is 9.47 Å². The van der Waals surface area contributed by atoms with Gasteiger partial charge in [-0.15, -0.1) is 0 Å². The number of nitro groups is 1. The summed E-state index contributed by atoms with van der Waals surface area (Å²) in [4.78, 5) is 36.6. The minimum Gasteiger partial charge on any atom is -0.454 e. The van der Waals surface area contributed by atoms with Gasteiger partial charge in [-0.2, -0.15) is 10.1 Å². The lowest BCUT2D eigenvalue weighted by molar-refractivity contribution is -0.385. The number of nitro benzene ring substituents is 1. The molecule has 6 atom stereocenters. The SMILES string of the molecule is O=C1[C@@H]2[C@@H]3C=C[C@H]([C@H]4C[C@@H]34)[C@@H]2C(=O)N1/N=C\c1cc2c(cc1[N+](=O)[O-])OCO2. The van der Waals surface area contributed by atoms with Crippen LogP contribution < -0.4 is 9.47 Å². The Balaban J connectivity index is 1.34.